The Morgan fingerprint density at radius 2 is 1.41 bits per heavy atom. The van der Waals surface area contributed by atoms with E-state index in [-0.39, 0.29) is 11.5 Å². The molecule has 0 spiro atoms. The Morgan fingerprint density at radius 1 is 0.732 bits per heavy atom. The zero-order valence-electron chi connectivity index (χ0n) is 25.2. The monoisotopic (exact) mass is 566 g/mol. The highest BCUT2D eigenvalue weighted by Crippen LogP contribution is 2.37. The molecule has 2 aliphatic rings. The van der Waals surface area contributed by atoms with Crippen LogP contribution in [0, 0.1) is 17.6 Å². The smallest absolute Gasteiger partial charge is 0.166 e. The van der Waals surface area contributed by atoms with Gasteiger partial charge in [0.1, 0.15) is 6.17 Å². The number of alkyl halides is 1. The first-order valence-corrected chi connectivity index (χ1v) is 16.3. The molecule has 224 valence electrons. The van der Waals surface area contributed by atoms with E-state index in [1.165, 1.54) is 38.5 Å². The lowest BCUT2D eigenvalue weighted by Gasteiger charge is -2.33. The van der Waals surface area contributed by atoms with Gasteiger partial charge in [0.2, 0.25) is 0 Å². The number of rotatable bonds is 15. The van der Waals surface area contributed by atoms with Crippen molar-refractivity contribution in [2.24, 2.45) is 5.92 Å². The maximum Gasteiger partial charge on any atom is 0.166 e. The predicted octanol–water partition coefficient (Wildman–Crippen LogP) is 11.4. The van der Waals surface area contributed by atoms with Crippen molar-refractivity contribution >= 4 is 5.57 Å². The Kier molecular flexibility index (Phi) is 12.6. The van der Waals surface area contributed by atoms with Crippen LogP contribution in [0.25, 0.3) is 16.7 Å². The van der Waals surface area contributed by atoms with Crippen molar-refractivity contribution in [2.45, 2.75) is 122 Å². The van der Waals surface area contributed by atoms with E-state index in [2.05, 4.69) is 13.8 Å². The minimum Gasteiger partial charge on any atom is -0.378 e. The second kappa shape index (κ2) is 16.3. The number of ether oxygens (including phenoxy) is 1. The fourth-order valence-corrected chi connectivity index (χ4v) is 6.35. The van der Waals surface area contributed by atoms with Gasteiger partial charge in [-0.25, -0.2) is 13.2 Å². The Hall–Kier alpha value is -2.33. The van der Waals surface area contributed by atoms with Gasteiger partial charge in [-0.3, -0.25) is 0 Å². The van der Waals surface area contributed by atoms with E-state index >= 15 is 4.39 Å². The van der Waals surface area contributed by atoms with Crippen LogP contribution in [-0.4, -0.2) is 18.9 Å². The first-order valence-electron chi connectivity index (χ1n) is 16.3. The summed E-state index contributed by atoms with van der Waals surface area (Å²) in [4.78, 5) is 0. The summed E-state index contributed by atoms with van der Waals surface area (Å²) in [5, 5.41) is 0. The predicted molar refractivity (Wildman–Crippen MR) is 166 cm³/mol. The minimum atomic E-state index is -1.02. The Bertz CT molecular complexity index is 1140. The summed E-state index contributed by atoms with van der Waals surface area (Å²) in [6.45, 7) is 5.01. The summed E-state index contributed by atoms with van der Waals surface area (Å²) < 4.78 is 51.3. The third-order valence-corrected chi connectivity index (χ3v) is 8.99. The molecule has 0 amide bonds. The third-order valence-electron chi connectivity index (χ3n) is 8.99. The van der Waals surface area contributed by atoms with Gasteiger partial charge >= 0.3 is 0 Å². The lowest BCUT2D eigenvalue weighted by atomic mass is 9.82. The molecule has 0 bridgehead atoms. The molecule has 4 rings (SSSR count). The molecule has 2 aromatic carbocycles. The van der Waals surface area contributed by atoms with Crippen molar-refractivity contribution in [1.29, 1.82) is 0 Å². The van der Waals surface area contributed by atoms with E-state index in [0.717, 1.165) is 61.7 Å². The Labute approximate surface area is 246 Å². The maximum absolute atomic E-state index is 15.4. The summed E-state index contributed by atoms with van der Waals surface area (Å²) in [6, 6.07) is 10.8. The molecule has 1 aliphatic carbocycles. The molecule has 0 saturated carbocycles. The van der Waals surface area contributed by atoms with Crippen molar-refractivity contribution in [2.75, 3.05) is 6.61 Å². The fourth-order valence-electron chi connectivity index (χ4n) is 6.35. The van der Waals surface area contributed by atoms with Crippen LogP contribution in [0.15, 0.2) is 54.1 Å². The fraction of sp³-hybridized carbons (Fsp3) is 0.568. The number of unbranched alkanes of at least 4 members (excludes halogenated alkanes) is 8. The van der Waals surface area contributed by atoms with Gasteiger partial charge < -0.3 is 4.74 Å². The molecule has 1 aliphatic heterocycles. The second-order valence-corrected chi connectivity index (χ2v) is 12.1. The molecule has 3 atom stereocenters. The zero-order chi connectivity index (χ0) is 29.0. The SMILES string of the molecule is CCCCCCCc1ccc(-c2ccc(C3=CC=C(C4CCC(CCCCCCC)OC4)C(F)C3)cc2)c(F)c1F. The summed E-state index contributed by atoms with van der Waals surface area (Å²) >= 11 is 0. The van der Waals surface area contributed by atoms with Gasteiger partial charge in [0.15, 0.2) is 11.6 Å². The lowest BCUT2D eigenvalue weighted by molar-refractivity contribution is -0.0146. The number of aryl methyl sites for hydroxylation is 1. The highest BCUT2D eigenvalue weighted by Gasteiger charge is 2.30. The Balaban J connectivity index is 1.33. The molecular formula is C37H49F3O. The van der Waals surface area contributed by atoms with E-state index in [4.69, 9.17) is 4.74 Å². The van der Waals surface area contributed by atoms with Crippen LogP contribution < -0.4 is 0 Å². The summed E-state index contributed by atoms with van der Waals surface area (Å²) in [5.74, 6) is -1.37. The van der Waals surface area contributed by atoms with Crippen LogP contribution in [-0.2, 0) is 11.2 Å². The van der Waals surface area contributed by atoms with Gasteiger partial charge in [0.25, 0.3) is 0 Å². The van der Waals surface area contributed by atoms with Crippen molar-refractivity contribution in [1.82, 2.24) is 0 Å². The number of hydrogen-bond acceptors (Lipinski definition) is 1. The standard InChI is InChI=1S/C37H49F3O/c1-3-5-7-9-11-13-29-20-24-34(37(40)36(29)39)28-17-15-27(16-18-28)30-21-23-33(35(38)25-30)31-19-22-32(41-26-31)14-12-10-8-6-4-2/h15-18,20-21,23-24,31-32,35H,3-14,19,22,25-26H2,1-2H3. The molecule has 0 aromatic heterocycles. The summed E-state index contributed by atoms with van der Waals surface area (Å²) in [5.41, 5.74) is 4.05. The lowest BCUT2D eigenvalue weighted by Crippen LogP contribution is -2.30. The molecule has 4 heteroatoms. The highest BCUT2D eigenvalue weighted by atomic mass is 19.2. The van der Waals surface area contributed by atoms with Gasteiger partial charge in [-0.15, -0.1) is 0 Å². The van der Waals surface area contributed by atoms with Gasteiger partial charge in [-0.2, -0.15) is 0 Å². The van der Waals surface area contributed by atoms with Gasteiger partial charge in [-0.05, 0) is 59.9 Å². The van der Waals surface area contributed by atoms with Crippen LogP contribution >= 0.6 is 0 Å². The maximum atomic E-state index is 15.4. The average Bonchev–Trinajstić information content (AvgIpc) is 2.99. The average molecular weight is 567 g/mol. The molecule has 41 heavy (non-hydrogen) atoms. The van der Waals surface area contributed by atoms with Crippen molar-refractivity contribution < 1.29 is 17.9 Å². The number of hydrogen-bond donors (Lipinski definition) is 0. The van der Waals surface area contributed by atoms with E-state index in [0.29, 0.717) is 36.7 Å². The van der Waals surface area contributed by atoms with Gasteiger partial charge in [0, 0.05) is 17.9 Å². The van der Waals surface area contributed by atoms with E-state index in [1.807, 2.05) is 36.4 Å². The first-order chi connectivity index (χ1) is 20.0. The molecule has 0 radical (unpaired) electrons. The van der Waals surface area contributed by atoms with Crippen LogP contribution in [0.5, 0.6) is 0 Å². The molecule has 3 unspecified atom stereocenters. The molecule has 1 fully saturated rings. The first kappa shape index (κ1) is 31.6. The summed E-state index contributed by atoms with van der Waals surface area (Å²) in [7, 11) is 0. The molecule has 1 saturated heterocycles. The van der Waals surface area contributed by atoms with Gasteiger partial charge in [0.05, 0.1) is 12.7 Å². The van der Waals surface area contributed by atoms with Crippen LogP contribution in [0.4, 0.5) is 13.2 Å². The van der Waals surface area contributed by atoms with E-state index in [1.54, 1.807) is 12.1 Å². The topological polar surface area (TPSA) is 9.23 Å². The third kappa shape index (κ3) is 8.83. The quantitative estimate of drug-likeness (QED) is 0.195. The highest BCUT2D eigenvalue weighted by molar-refractivity contribution is 5.73. The normalized spacial score (nSPS) is 21.0. The largest absolute Gasteiger partial charge is 0.378 e. The van der Waals surface area contributed by atoms with Gasteiger partial charge in [-0.1, -0.05) is 120 Å². The molecule has 2 aromatic rings. The molecule has 1 heterocycles. The van der Waals surface area contributed by atoms with Crippen molar-refractivity contribution in [3.05, 3.63) is 76.9 Å². The molecule has 1 nitrogen and oxygen atoms in total. The van der Waals surface area contributed by atoms with E-state index < -0.39 is 17.8 Å². The molecular weight excluding hydrogens is 517 g/mol. The second-order valence-electron chi connectivity index (χ2n) is 12.1. The zero-order valence-corrected chi connectivity index (χ0v) is 25.2. The number of halogens is 3. The Morgan fingerprint density at radius 3 is 2.07 bits per heavy atom. The van der Waals surface area contributed by atoms with Crippen LogP contribution in [0.3, 0.4) is 0 Å². The number of benzene rings is 2. The van der Waals surface area contributed by atoms with Crippen LogP contribution in [0.1, 0.15) is 115 Å². The minimum absolute atomic E-state index is 0.152. The van der Waals surface area contributed by atoms with Crippen molar-refractivity contribution in [3.8, 4) is 11.1 Å². The van der Waals surface area contributed by atoms with E-state index in [9.17, 15) is 8.78 Å². The van der Waals surface area contributed by atoms with Crippen LogP contribution in [0.2, 0.25) is 0 Å². The van der Waals surface area contributed by atoms with Crippen molar-refractivity contribution in [3.63, 3.8) is 0 Å². The molecule has 0 N–H and O–H groups in total. The summed E-state index contributed by atoms with van der Waals surface area (Å²) in [6.07, 6.45) is 19.1. The number of allylic oxidation sites excluding steroid dienone is 3.